The van der Waals surface area contributed by atoms with E-state index in [0.29, 0.717) is 19.4 Å². The first-order valence-electron chi connectivity index (χ1n) is 4.25. The molecular weight excluding hydrogens is 179 g/mol. The Hall–Kier alpha value is -0.0600. The van der Waals surface area contributed by atoms with Gasteiger partial charge in [0.15, 0.2) is 0 Å². The van der Waals surface area contributed by atoms with E-state index in [0.717, 1.165) is 6.42 Å². The average molecular weight is 194 g/mol. The quantitative estimate of drug-likeness (QED) is 0.486. The fourth-order valence-electron chi connectivity index (χ4n) is 1.57. The molecule has 0 aromatic heterocycles. The first kappa shape index (κ1) is 12.9. The summed E-state index contributed by atoms with van der Waals surface area (Å²) < 4.78 is 0. The summed E-state index contributed by atoms with van der Waals surface area (Å²) in [4.78, 5) is 23.7. The summed E-state index contributed by atoms with van der Waals surface area (Å²) in [5.74, 6) is -0.339. The fourth-order valence-corrected chi connectivity index (χ4v) is 1.57. The third-order valence-corrected chi connectivity index (χ3v) is 2.20. The molecule has 2 amide bonds. The van der Waals surface area contributed by atoms with Crippen molar-refractivity contribution in [2.75, 3.05) is 6.54 Å². The number of hydrogen-bond donors (Lipinski definition) is 1. The van der Waals surface area contributed by atoms with E-state index < -0.39 is 5.91 Å². The van der Waals surface area contributed by atoms with Crippen LogP contribution in [0.5, 0.6) is 0 Å². The molecule has 0 bridgehead atoms. The molecule has 1 aliphatic rings. The summed E-state index contributed by atoms with van der Waals surface area (Å²) in [6.45, 7) is 2.54. The van der Waals surface area contributed by atoms with Crippen molar-refractivity contribution in [3.63, 3.8) is 0 Å². The molecule has 4 nitrogen and oxygen atoms in total. The minimum absolute atomic E-state index is 0. The average Bonchev–Trinajstić information content (AvgIpc) is 2.38. The third kappa shape index (κ3) is 2.97. The first-order valence-corrected chi connectivity index (χ1v) is 4.25. The van der Waals surface area contributed by atoms with Gasteiger partial charge in [-0.05, 0) is 12.8 Å². The summed E-state index contributed by atoms with van der Waals surface area (Å²) >= 11 is 0. The number of rotatable bonds is 3. The minimum atomic E-state index is -0.396. The molecule has 2 N–H and O–H groups in total. The molecule has 1 aliphatic heterocycles. The molecule has 0 saturated carbocycles. The minimum Gasteiger partial charge on any atom is -1.00 e. The van der Waals surface area contributed by atoms with E-state index in [-0.39, 0.29) is 42.9 Å². The molecule has 0 radical (unpaired) electrons. The van der Waals surface area contributed by atoms with Gasteiger partial charge in [0, 0.05) is 13.0 Å². The van der Waals surface area contributed by atoms with Gasteiger partial charge in [-0.3, -0.25) is 9.59 Å². The normalized spacial score (nSPS) is 18.2. The van der Waals surface area contributed by atoms with Gasteiger partial charge in [-0.15, -0.1) is 0 Å². The largest absolute Gasteiger partial charge is 1.00 e. The Labute approximate surface area is 102 Å². The zero-order chi connectivity index (χ0) is 9.14. The van der Waals surface area contributed by atoms with E-state index in [1.807, 2.05) is 6.92 Å². The van der Waals surface area contributed by atoms with Crippen LogP contribution in [0.1, 0.15) is 27.6 Å². The van der Waals surface area contributed by atoms with Crippen LogP contribution in [0, 0.1) is 0 Å². The van der Waals surface area contributed by atoms with Crippen molar-refractivity contribution < 1.29 is 40.6 Å². The van der Waals surface area contributed by atoms with Crippen molar-refractivity contribution in [1.29, 1.82) is 0 Å². The van der Waals surface area contributed by atoms with Gasteiger partial charge >= 0.3 is 29.6 Å². The molecule has 0 aliphatic carbocycles. The molecule has 0 aromatic carbocycles. The van der Waals surface area contributed by atoms with Gasteiger partial charge in [0.2, 0.25) is 11.8 Å². The molecular formula is C8H15N2NaO2. The second-order valence-electron chi connectivity index (χ2n) is 3.02. The zero-order valence-corrected chi connectivity index (χ0v) is 10.2. The molecule has 13 heavy (non-hydrogen) atoms. The van der Waals surface area contributed by atoms with Crippen LogP contribution in [0.3, 0.4) is 0 Å². The summed E-state index contributed by atoms with van der Waals surface area (Å²) in [6, 6.07) is -0.389. The Morgan fingerprint density at radius 3 is 2.69 bits per heavy atom. The van der Waals surface area contributed by atoms with E-state index in [4.69, 9.17) is 5.73 Å². The number of likely N-dealkylation sites (tertiary alicyclic amines) is 1. The summed E-state index contributed by atoms with van der Waals surface area (Å²) in [6.07, 6.45) is 2.02. The molecule has 1 saturated heterocycles. The summed E-state index contributed by atoms with van der Waals surface area (Å²) in [7, 11) is 0. The molecule has 1 unspecified atom stereocenters. The van der Waals surface area contributed by atoms with Gasteiger partial charge in [-0.25, -0.2) is 0 Å². The Balaban J connectivity index is 0. The molecule has 5 heteroatoms. The molecule has 1 fully saturated rings. The van der Waals surface area contributed by atoms with Crippen molar-refractivity contribution in [2.45, 2.75) is 32.2 Å². The summed E-state index contributed by atoms with van der Waals surface area (Å²) in [5, 5.41) is 0. The van der Waals surface area contributed by atoms with Crippen molar-refractivity contribution in [1.82, 2.24) is 4.90 Å². The van der Waals surface area contributed by atoms with Gasteiger partial charge in [-0.2, -0.15) is 0 Å². The van der Waals surface area contributed by atoms with E-state index in [1.54, 1.807) is 4.90 Å². The number of carbonyl (C=O) groups excluding carboxylic acids is 2. The van der Waals surface area contributed by atoms with Gasteiger partial charge in [0.25, 0.3) is 0 Å². The Morgan fingerprint density at radius 2 is 2.38 bits per heavy atom. The third-order valence-electron chi connectivity index (χ3n) is 2.20. The number of carbonyl (C=O) groups is 2. The van der Waals surface area contributed by atoms with Crippen LogP contribution >= 0.6 is 0 Å². The maximum Gasteiger partial charge on any atom is 1.00 e. The molecule has 1 atom stereocenters. The van der Waals surface area contributed by atoms with Crippen molar-refractivity contribution >= 4 is 11.8 Å². The van der Waals surface area contributed by atoms with Crippen LogP contribution in [-0.2, 0) is 9.59 Å². The standard InChI is InChI=1S/C8H14N2O2.Na.H/c1-2-6(8(9)12)10-5-3-4-7(10)11;;/h6H,2-5H2,1H3,(H2,9,12);;/q;+1;-1. The molecule has 1 rings (SSSR count). The Bertz CT molecular complexity index is 214. The molecule has 1 heterocycles. The second kappa shape index (κ2) is 5.62. The van der Waals surface area contributed by atoms with Crippen LogP contribution in [0.4, 0.5) is 0 Å². The van der Waals surface area contributed by atoms with Crippen LogP contribution in [0.25, 0.3) is 0 Å². The number of hydrogen-bond acceptors (Lipinski definition) is 2. The number of nitrogens with zero attached hydrogens (tertiary/aromatic N) is 1. The van der Waals surface area contributed by atoms with Crippen LogP contribution in [0.2, 0.25) is 0 Å². The van der Waals surface area contributed by atoms with Gasteiger partial charge < -0.3 is 12.1 Å². The van der Waals surface area contributed by atoms with Crippen LogP contribution in [-0.4, -0.2) is 29.3 Å². The molecule has 70 valence electrons. The van der Waals surface area contributed by atoms with Crippen molar-refractivity contribution in [3.8, 4) is 0 Å². The first-order chi connectivity index (χ1) is 5.66. The zero-order valence-electron chi connectivity index (χ0n) is 9.25. The Morgan fingerprint density at radius 1 is 1.77 bits per heavy atom. The molecule has 0 spiro atoms. The number of amides is 2. The van der Waals surface area contributed by atoms with Gasteiger partial charge in [0.05, 0.1) is 0 Å². The van der Waals surface area contributed by atoms with Crippen LogP contribution in [0.15, 0.2) is 0 Å². The van der Waals surface area contributed by atoms with Crippen LogP contribution < -0.4 is 35.3 Å². The van der Waals surface area contributed by atoms with Gasteiger partial charge in [-0.1, -0.05) is 6.92 Å². The smallest absolute Gasteiger partial charge is 1.00 e. The fraction of sp³-hybridized carbons (Fsp3) is 0.750. The number of nitrogens with two attached hydrogens (primary N) is 1. The predicted molar refractivity (Wildman–Crippen MR) is 45.3 cm³/mol. The Kier molecular flexibility index (Phi) is 5.60. The van der Waals surface area contributed by atoms with E-state index >= 15 is 0 Å². The second-order valence-corrected chi connectivity index (χ2v) is 3.02. The topological polar surface area (TPSA) is 63.4 Å². The monoisotopic (exact) mass is 194 g/mol. The SMILES string of the molecule is CCC(C(N)=O)N1CCCC1=O.[H-].[Na+]. The predicted octanol–water partition coefficient (Wildman–Crippen LogP) is -3.01. The maximum atomic E-state index is 11.2. The maximum absolute atomic E-state index is 11.2. The van der Waals surface area contributed by atoms with Gasteiger partial charge in [0.1, 0.15) is 6.04 Å². The van der Waals surface area contributed by atoms with E-state index in [2.05, 4.69) is 0 Å². The summed E-state index contributed by atoms with van der Waals surface area (Å²) in [5.41, 5.74) is 5.16. The molecule has 0 aromatic rings. The van der Waals surface area contributed by atoms with Crippen molar-refractivity contribution in [3.05, 3.63) is 0 Å². The number of primary amides is 1. The van der Waals surface area contributed by atoms with E-state index in [1.165, 1.54) is 0 Å². The van der Waals surface area contributed by atoms with Crippen molar-refractivity contribution in [2.24, 2.45) is 5.73 Å². The van der Waals surface area contributed by atoms with E-state index in [9.17, 15) is 9.59 Å².